The van der Waals surface area contributed by atoms with Crippen molar-refractivity contribution >= 4 is 59.9 Å². The molecule has 0 bridgehead atoms. The van der Waals surface area contributed by atoms with Gasteiger partial charge in [-0.05, 0) is 40.8 Å². The fourth-order valence-corrected chi connectivity index (χ4v) is 4.18. The highest BCUT2D eigenvalue weighted by atomic mass is 127. The van der Waals surface area contributed by atoms with Crippen LogP contribution in [0.5, 0.6) is 0 Å². The van der Waals surface area contributed by atoms with Crippen molar-refractivity contribution in [2.45, 2.75) is 6.43 Å². The van der Waals surface area contributed by atoms with E-state index in [1.807, 2.05) is 12.1 Å². The molecular weight excluding hydrogens is 385 g/mol. The minimum absolute atomic E-state index is 0.135. The summed E-state index contributed by atoms with van der Waals surface area (Å²) in [6.45, 7) is 0. The molecular formula is C9H4BrF2IS. The number of hydrogen-bond donors (Lipinski definition) is 0. The molecule has 1 aromatic heterocycles. The van der Waals surface area contributed by atoms with Gasteiger partial charge in [-0.1, -0.05) is 15.9 Å². The quantitative estimate of drug-likeness (QED) is 0.588. The third-order valence-electron chi connectivity index (χ3n) is 1.79. The average molecular weight is 389 g/mol. The van der Waals surface area contributed by atoms with E-state index in [4.69, 9.17) is 0 Å². The lowest BCUT2D eigenvalue weighted by molar-refractivity contribution is 0.156. The fraction of sp³-hybridized carbons (Fsp3) is 0.111. The molecule has 74 valence electrons. The Labute approximate surface area is 106 Å². The lowest BCUT2D eigenvalue weighted by Crippen LogP contribution is -1.74. The average Bonchev–Trinajstić information content (AvgIpc) is 2.47. The van der Waals surface area contributed by atoms with Gasteiger partial charge in [0.05, 0.1) is 4.88 Å². The van der Waals surface area contributed by atoms with Crippen LogP contribution in [0, 0.1) is 3.57 Å². The van der Waals surface area contributed by atoms with E-state index in [0.717, 1.165) is 29.5 Å². The van der Waals surface area contributed by atoms with E-state index in [1.54, 1.807) is 6.07 Å². The summed E-state index contributed by atoms with van der Waals surface area (Å²) in [7, 11) is 0. The molecule has 0 aliphatic carbocycles. The fourth-order valence-electron chi connectivity index (χ4n) is 1.19. The largest absolute Gasteiger partial charge is 0.272 e. The molecule has 1 aromatic carbocycles. The van der Waals surface area contributed by atoms with Gasteiger partial charge in [0, 0.05) is 18.1 Å². The maximum atomic E-state index is 12.4. The Kier molecular flexibility index (Phi) is 3.09. The maximum Gasteiger partial charge on any atom is 0.272 e. The number of rotatable bonds is 1. The Morgan fingerprint density at radius 1 is 1.29 bits per heavy atom. The Balaban J connectivity index is 2.70. The van der Waals surface area contributed by atoms with Crippen LogP contribution in [0.2, 0.25) is 0 Å². The predicted molar refractivity (Wildman–Crippen MR) is 67.2 cm³/mol. The first-order chi connectivity index (χ1) is 6.58. The Hall–Kier alpha value is 0.250. The summed E-state index contributed by atoms with van der Waals surface area (Å²) in [6.07, 6.45) is -2.37. The zero-order valence-electron chi connectivity index (χ0n) is 6.73. The van der Waals surface area contributed by atoms with Gasteiger partial charge in [0.15, 0.2) is 0 Å². The van der Waals surface area contributed by atoms with E-state index < -0.39 is 6.43 Å². The first kappa shape index (κ1) is 10.8. The molecule has 2 rings (SSSR count). The van der Waals surface area contributed by atoms with Crippen molar-refractivity contribution in [3.8, 4) is 0 Å². The van der Waals surface area contributed by atoms with Crippen molar-refractivity contribution in [3.05, 3.63) is 31.1 Å². The second-order valence-corrected chi connectivity index (χ2v) is 5.94. The van der Waals surface area contributed by atoms with Gasteiger partial charge in [0.2, 0.25) is 0 Å². The monoisotopic (exact) mass is 388 g/mol. The highest BCUT2D eigenvalue weighted by molar-refractivity contribution is 14.1. The minimum Gasteiger partial charge on any atom is -0.204 e. The molecule has 2 aromatic rings. The second-order valence-electron chi connectivity index (χ2n) is 2.75. The molecule has 14 heavy (non-hydrogen) atoms. The number of fused-ring (bicyclic) bond motifs is 1. The van der Waals surface area contributed by atoms with E-state index in [-0.39, 0.29) is 4.88 Å². The molecule has 1 heterocycles. The van der Waals surface area contributed by atoms with Crippen LogP contribution in [-0.2, 0) is 0 Å². The van der Waals surface area contributed by atoms with Crippen molar-refractivity contribution in [2.75, 3.05) is 0 Å². The van der Waals surface area contributed by atoms with Gasteiger partial charge in [0.1, 0.15) is 0 Å². The molecule has 0 spiro atoms. The van der Waals surface area contributed by atoms with Crippen LogP contribution in [0.4, 0.5) is 8.78 Å². The lowest BCUT2D eigenvalue weighted by Gasteiger charge is -1.94. The number of alkyl halides is 2. The van der Waals surface area contributed by atoms with E-state index in [1.165, 1.54) is 0 Å². The summed E-state index contributed by atoms with van der Waals surface area (Å²) in [6, 6.07) is 5.36. The summed E-state index contributed by atoms with van der Waals surface area (Å²) in [5, 5.41) is 0.911. The van der Waals surface area contributed by atoms with E-state index >= 15 is 0 Å². The van der Waals surface area contributed by atoms with Gasteiger partial charge >= 0.3 is 0 Å². The smallest absolute Gasteiger partial charge is 0.204 e. The summed E-state index contributed by atoms with van der Waals surface area (Å²) < 4.78 is 27.7. The Morgan fingerprint density at radius 3 is 2.64 bits per heavy atom. The van der Waals surface area contributed by atoms with Crippen molar-refractivity contribution in [3.63, 3.8) is 0 Å². The molecule has 0 nitrogen and oxygen atoms in total. The van der Waals surface area contributed by atoms with Crippen LogP contribution >= 0.6 is 49.9 Å². The lowest BCUT2D eigenvalue weighted by atomic mass is 10.2. The van der Waals surface area contributed by atoms with Gasteiger partial charge in [-0.25, -0.2) is 8.78 Å². The highest BCUT2D eigenvalue weighted by Crippen LogP contribution is 2.36. The van der Waals surface area contributed by atoms with Gasteiger partial charge in [-0.3, -0.25) is 0 Å². The Bertz CT molecular complexity index is 481. The van der Waals surface area contributed by atoms with Crippen LogP contribution in [0.15, 0.2) is 22.7 Å². The van der Waals surface area contributed by atoms with Crippen LogP contribution in [0.1, 0.15) is 11.3 Å². The first-order valence-electron chi connectivity index (χ1n) is 3.74. The van der Waals surface area contributed by atoms with Crippen molar-refractivity contribution < 1.29 is 8.78 Å². The van der Waals surface area contributed by atoms with Crippen molar-refractivity contribution in [2.24, 2.45) is 0 Å². The molecule has 0 atom stereocenters. The van der Waals surface area contributed by atoms with Gasteiger partial charge < -0.3 is 0 Å². The zero-order valence-corrected chi connectivity index (χ0v) is 11.3. The van der Waals surface area contributed by atoms with E-state index in [0.29, 0.717) is 0 Å². The maximum absolute atomic E-state index is 12.4. The molecule has 0 amide bonds. The summed E-state index contributed by atoms with van der Waals surface area (Å²) in [4.78, 5) is 0.135. The molecule has 0 aliphatic rings. The molecule has 0 aliphatic heterocycles. The van der Waals surface area contributed by atoms with Gasteiger partial charge in [-0.15, -0.1) is 11.3 Å². The zero-order chi connectivity index (χ0) is 10.3. The number of hydrogen-bond acceptors (Lipinski definition) is 1. The Morgan fingerprint density at radius 2 is 2.00 bits per heavy atom. The highest BCUT2D eigenvalue weighted by Gasteiger charge is 2.13. The number of benzene rings is 1. The van der Waals surface area contributed by atoms with Gasteiger partial charge in [-0.2, -0.15) is 0 Å². The third-order valence-corrected chi connectivity index (χ3v) is 4.23. The predicted octanol–water partition coefficient (Wildman–Crippen LogP) is 5.21. The second kappa shape index (κ2) is 4.02. The first-order valence-corrected chi connectivity index (χ1v) is 6.43. The van der Waals surface area contributed by atoms with Crippen LogP contribution in [-0.4, -0.2) is 0 Å². The third kappa shape index (κ3) is 1.94. The molecule has 0 saturated heterocycles. The van der Waals surface area contributed by atoms with Crippen molar-refractivity contribution in [1.82, 2.24) is 0 Å². The van der Waals surface area contributed by atoms with Gasteiger partial charge in [0.25, 0.3) is 6.43 Å². The summed E-state index contributed by atoms with van der Waals surface area (Å²) in [5.41, 5.74) is 0. The SMILES string of the molecule is FC(F)c1cc2c(I)cc(Br)cc2s1. The van der Waals surface area contributed by atoms with Crippen molar-refractivity contribution in [1.29, 1.82) is 0 Å². The molecule has 0 saturated carbocycles. The number of halogens is 4. The molecule has 0 fully saturated rings. The molecule has 0 radical (unpaired) electrons. The standard InChI is InChI=1S/C9H4BrF2IS/c10-4-1-6(13)5-3-8(9(11)12)14-7(5)2-4/h1-3,9H. The van der Waals surface area contributed by atoms with Crippen LogP contribution < -0.4 is 0 Å². The summed E-state index contributed by atoms with van der Waals surface area (Å²) in [5.74, 6) is 0. The van der Waals surface area contributed by atoms with E-state index in [9.17, 15) is 8.78 Å². The van der Waals surface area contributed by atoms with Crippen LogP contribution in [0.25, 0.3) is 10.1 Å². The van der Waals surface area contributed by atoms with E-state index in [2.05, 4.69) is 38.5 Å². The minimum atomic E-state index is -2.37. The normalized spacial score (nSPS) is 11.5. The summed E-state index contributed by atoms with van der Waals surface area (Å²) >= 11 is 6.65. The number of thiophene rings is 1. The van der Waals surface area contributed by atoms with Crippen LogP contribution in [0.3, 0.4) is 0 Å². The molecule has 0 N–H and O–H groups in total. The molecule has 0 unspecified atom stereocenters. The molecule has 5 heteroatoms. The topological polar surface area (TPSA) is 0 Å².